The third-order valence-corrected chi connectivity index (χ3v) is 3.31. The van der Waals surface area contributed by atoms with Crippen LogP contribution in [-0.2, 0) is 9.59 Å². The van der Waals surface area contributed by atoms with Crippen molar-refractivity contribution in [1.29, 1.82) is 0 Å². The van der Waals surface area contributed by atoms with Crippen LogP contribution in [0.25, 0.3) is 12.2 Å². The molecule has 0 aromatic heterocycles. The average Bonchev–Trinajstić information content (AvgIpc) is 2.64. The summed E-state index contributed by atoms with van der Waals surface area (Å²) in [6.07, 6.45) is 13.4. The Hall–Kier alpha value is -3.26. The van der Waals surface area contributed by atoms with Gasteiger partial charge in [0, 0.05) is 0 Å². The van der Waals surface area contributed by atoms with Crippen LogP contribution in [0.5, 0.6) is 0 Å². The average molecular weight is 328 g/mol. The lowest BCUT2D eigenvalue weighted by molar-refractivity contribution is -0.121. The molecule has 0 N–H and O–H groups in total. The van der Waals surface area contributed by atoms with Crippen molar-refractivity contribution in [2.45, 2.75) is 6.42 Å². The van der Waals surface area contributed by atoms with E-state index in [1.54, 1.807) is 24.3 Å². The standard InChI is InChI=1S/C23H20O2/c24-22(17-9-7-15-20-11-3-1-4-12-20)19-23(25)18-10-8-16-21-13-5-2-6-14-21/h1-18H,19H2. The zero-order valence-corrected chi connectivity index (χ0v) is 13.9. The molecule has 0 aliphatic carbocycles. The van der Waals surface area contributed by atoms with Gasteiger partial charge in [-0.1, -0.05) is 97.1 Å². The third-order valence-electron chi connectivity index (χ3n) is 3.31. The minimum atomic E-state index is -0.209. The lowest BCUT2D eigenvalue weighted by atomic mass is 10.1. The molecule has 0 unspecified atom stereocenters. The van der Waals surface area contributed by atoms with Gasteiger partial charge in [-0.05, 0) is 23.3 Å². The number of allylic oxidation sites excluding steroid dienone is 6. The van der Waals surface area contributed by atoms with Crippen molar-refractivity contribution in [3.63, 3.8) is 0 Å². The van der Waals surface area contributed by atoms with E-state index in [2.05, 4.69) is 0 Å². The van der Waals surface area contributed by atoms with Gasteiger partial charge in [0.05, 0.1) is 6.42 Å². The molecule has 0 heterocycles. The van der Waals surface area contributed by atoms with Crippen LogP contribution in [0.15, 0.2) is 97.1 Å². The van der Waals surface area contributed by atoms with Gasteiger partial charge in [0.25, 0.3) is 0 Å². The van der Waals surface area contributed by atoms with Crippen molar-refractivity contribution in [2.75, 3.05) is 0 Å². The van der Waals surface area contributed by atoms with Crippen molar-refractivity contribution in [3.05, 3.63) is 108 Å². The topological polar surface area (TPSA) is 34.1 Å². The molecule has 2 aromatic carbocycles. The Balaban J connectivity index is 1.75. The Kier molecular flexibility index (Phi) is 7.60. The fourth-order valence-electron chi connectivity index (χ4n) is 2.08. The summed E-state index contributed by atoms with van der Waals surface area (Å²) in [5, 5.41) is 0. The molecule has 0 atom stereocenters. The molecule has 2 rings (SSSR count). The molecule has 0 fully saturated rings. The van der Waals surface area contributed by atoms with Crippen LogP contribution in [0.3, 0.4) is 0 Å². The van der Waals surface area contributed by atoms with Gasteiger partial charge in [-0.25, -0.2) is 0 Å². The number of benzene rings is 2. The first kappa shape index (κ1) is 18.1. The number of rotatable bonds is 8. The minimum absolute atomic E-state index is 0.120. The second-order valence-corrected chi connectivity index (χ2v) is 5.37. The van der Waals surface area contributed by atoms with Gasteiger partial charge in [-0.3, -0.25) is 9.59 Å². The smallest absolute Gasteiger partial charge is 0.163 e. The number of carbonyl (C=O) groups excluding carboxylic acids is 2. The molecule has 0 radical (unpaired) electrons. The molecule has 2 aromatic rings. The van der Waals surface area contributed by atoms with Crippen molar-refractivity contribution in [1.82, 2.24) is 0 Å². The zero-order chi connectivity index (χ0) is 17.7. The molecule has 0 saturated carbocycles. The maximum Gasteiger partial charge on any atom is 0.163 e. The lowest BCUT2D eigenvalue weighted by Gasteiger charge is -1.91. The molecule has 124 valence electrons. The highest BCUT2D eigenvalue weighted by Gasteiger charge is 2.01. The summed E-state index contributed by atoms with van der Waals surface area (Å²) in [5.41, 5.74) is 2.12. The number of hydrogen-bond acceptors (Lipinski definition) is 2. The maximum atomic E-state index is 11.7. The molecule has 0 bridgehead atoms. The van der Waals surface area contributed by atoms with Crippen molar-refractivity contribution >= 4 is 23.7 Å². The van der Waals surface area contributed by atoms with Crippen molar-refractivity contribution in [3.8, 4) is 0 Å². The first-order chi connectivity index (χ1) is 12.2. The van der Waals surface area contributed by atoms with Crippen LogP contribution in [0.2, 0.25) is 0 Å². The Labute approximate surface area is 148 Å². The van der Waals surface area contributed by atoms with E-state index in [0.29, 0.717) is 0 Å². The third kappa shape index (κ3) is 7.71. The molecule has 0 aliphatic rings. The molecular formula is C23H20O2. The molecule has 0 aliphatic heterocycles. The molecule has 0 amide bonds. The zero-order valence-electron chi connectivity index (χ0n) is 13.9. The highest BCUT2D eigenvalue weighted by Crippen LogP contribution is 2.02. The molecule has 2 heteroatoms. The number of hydrogen-bond donors (Lipinski definition) is 0. The maximum absolute atomic E-state index is 11.7. The first-order valence-electron chi connectivity index (χ1n) is 8.09. The fourth-order valence-corrected chi connectivity index (χ4v) is 2.08. The normalized spacial score (nSPS) is 11.8. The van der Waals surface area contributed by atoms with Gasteiger partial charge < -0.3 is 0 Å². The Bertz CT molecular complexity index is 725. The van der Waals surface area contributed by atoms with Gasteiger partial charge in [0.15, 0.2) is 11.6 Å². The summed E-state index contributed by atoms with van der Waals surface area (Å²) in [7, 11) is 0. The van der Waals surface area contributed by atoms with Gasteiger partial charge in [0.2, 0.25) is 0 Å². The lowest BCUT2D eigenvalue weighted by Crippen LogP contribution is -2.01. The van der Waals surface area contributed by atoms with Gasteiger partial charge in [-0.15, -0.1) is 0 Å². The quantitative estimate of drug-likeness (QED) is 0.386. The van der Waals surface area contributed by atoms with Crippen LogP contribution in [0.1, 0.15) is 17.5 Å². The Morgan fingerprint density at radius 2 is 1.00 bits per heavy atom. The Morgan fingerprint density at radius 3 is 1.40 bits per heavy atom. The van der Waals surface area contributed by atoms with Crippen molar-refractivity contribution in [2.24, 2.45) is 0 Å². The van der Waals surface area contributed by atoms with E-state index in [4.69, 9.17) is 0 Å². The predicted molar refractivity (Wildman–Crippen MR) is 104 cm³/mol. The summed E-state index contributed by atoms with van der Waals surface area (Å²) in [6.45, 7) is 0. The van der Waals surface area contributed by atoms with E-state index < -0.39 is 0 Å². The monoisotopic (exact) mass is 328 g/mol. The van der Waals surface area contributed by atoms with E-state index in [1.165, 1.54) is 12.2 Å². The Morgan fingerprint density at radius 1 is 0.600 bits per heavy atom. The number of ketones is 2. The van der Waals surface area contributed by atoms with E-state index >= 15 is 0 Å². The fraction of sp³-hybridized carbons (Fsp3) is 0.0435. The van der Waals surface area contributed by atoms with Crippen molar-refractivity contribution < 1.29 is 9.59 Å². The second kappa shape index (κ2) is 10.5. The SMILES string of the molecule is O=C(C=CC=Cc1ccccc1)CC(=O)C=CC=Cc1ccccc1. The van der Waals surface area contributed by atoms with Gasteiger partial charge in [0.1, 0.15) is 0 Å². The summed E-state index contributed by atoms with van der Waals surface area (Å²) >= 11 is 0. The van der Waals surface area contributed by atoms with Gasteiger partial charge in [-0.2, -0.15) is 0 Å². The minimum Gasteiger partial charge on any atom is -0.294 e. The van der Waals surface area contributed by atoms with Crippen LogP contribution in [0.4, 0.5) is 0 Å². The number of carbonyl (C=O) groups is 2. The van der Waals surface area contributed by atoms with E-state index in [0.717, 1.165) is 11.1 Å². The van der Waals surface area contributed by atoms with Crippen LogP contribution < -0.4 is 0 Å². The highest BCUT2D eigenvalue weighted by atomic mass is 16.1. The summed E-state index contributed by atoms with van der Waals surface area (Å²) in [5.74, 6) is -0.418. The molecule has 0 saturated heterocycles. The molecule has 25 heavy (non-hydrogen) atoms. The first-order valence-corrected chi connectivity index (χ1v) is 8.09. The summed E-state index contributed by atoms with van der Waals surface area (Å²) < 4.78 is 0. The largest absolute Gasteiger partial charge is 0.294 e. The molecule has 2 nitrogen and oxygen atoms in total. The van der Waals surface area contributed by atoms with E-state index in [9.17, 15) is 9.59 Å². The summed E-state index contributed by atoms with van der Waals surface area (Å²) in [4.78, 5) is 23.5. The molecular weight excluding hydrogens is 308 g/mol. The van der Waals surface area contributed by atoms with Gasteiger partial charge >= 0.3 is 0 Å². The molecule has 0 spiro atoms. The summed E-state index contributed by atoms with van der Waals surface area (Å²) in [6, 6.07) is 19.6. The van der Waals surface area contributed by atoms with Crippen LogP contribution in [-0.4, -0.2) is 11.6 Å². The van der Waals surface area contributed by atoms with Crippen LogP contribution in [0, 0.1) is 0 Å². The predicted octanol–water partition coefficient (Wildman–Crippen LogP) is 5.05. The highest BCUT2D eigenvalue weighted by molar-refractivity contribution is 6.08. The van der Waals surface area contributed by atoms with E-state index in [-0.39, 0.29) is 18.0 Å². The second-order valence-electron chi connectivity index (χ2n) is 5.37. The van der Waals surface area contributed by atoms with Crippen LogP contribution >= 0.6 is 0 Å². The van der Waals surface area contributed by atoms with E-state index in [1.807, 2.05) is 72.8 Å².